The molecule has 3 heteroatoms. The Kier molecular flexibility index (Phi) is 2.29. The van der Waals surface area contributed by atoms with Crippen LogP contribution in [0.25, 0.3) is 11.3 Å². The summed E-state index contributed by atoms with van der Waals surface area (Å²) < 4.78 is 5.02. The first-order valence-corrected chi connectivity index (χ1v) is 4.57. The fourth-order valence-electron chi connectivity index (χ4n) is 1.43. The van der Waals surface area contributed by atoms with E-state index in [0.29, 0.717) is 5.76 Å². The lowest BCUT2D eigenvalue weighted by molar-refractivity contribution is 0.415. The van der Waals surface area contributed by atoms with E-state index in [4.69, 9.17) is 9.52 Å². The van der Waals surface area contributed by atoms with Crippen LogP contribution in [0.2, 0.25) is 0 Å². The fraction of sp³-hybridized carbons (Fsp3) is 0.0833. The monoisotopic (exact) mass is 202 g/mol. The molecule has 2 rings (SSSR count). The first-order chi connectivity index (χ1) is 7.18. The second kappa shape index (κ2) is 3.61. The molecule has 0 aliphatic carbocycles. The summed E-state index contributed by atoms with van der Waals surface area (Å²) in [5.41, 5.74) is 0.852. The van der Waals surface area contributed by atoms with Crippen LogP contribution in [0.4, 0.5) is 0 Å². The quantitative estimate of drug-likeness (QED) is 0.772. The van der Waals surface area contributed by atoms with Gasteiger partial charge < -0.3 is 9.52 Å². The number of aromatic hydroxyl groups is 1. The summed E-state index contributed by atoms with van der Waals surface area (Å²) >= 11 is 0. The van der Waals surface area contributed by atoms with Crippen LogP contribution in [0, 0.1) is 6.92 Å². The van der Waals surface area contributed by atoms with Crippen molar-refractivity contribution < 1.29 is 9.52 Å². The summed E-state index contributed by atoms with van der Waals surface area (Å²) in [5.74, 6) is 0.144. The van der Waals surface area contributed by atoms with Gasteiger partial charge in [-0.05, 0) is 18.6 Å². The summed E-state index contributed by atoms with van der Waals surface area (Å²) in [6.45, 7) is 1.78. The van der Waals surface area contributed by atoms with Crippen LogP contribution in [0.1, 0.15) is 5.56 Å². The van der Waals surface area contributed by atoms with E-state index in [-0.39, 0.29) is 5.75 Å². The van der Waals surface area contributed by atoms with E-state index in [9.17, 15) is 4.79 Å². The zero-order valence-electron chi connectivity index (χ0n) is 8.23. The van der Waals surface area contributed by atoms with Crippen LogP contribution >= 0.6 is 0 Å². The minimum absolute atomic E-state index is 0.354. The third-order valence-corrected chi connectivity index (χ3v) is 2.15. The third-order valence-electron chi connectivity index (χ3n) is 2.15. The Morgan fingerprint density at radius 2 is 1.87 bits per heavy atom. The van der Waals surface area contributed by atoms with E-state index >= 15 is 0 Å². The zero-order valence-corrected chi connectivity index (χ0v) is 8.23. The van der Waals surface area contributed by atoms with Gasteiger partial charge in [-0.25, -0.2) is 4.79 Å². The summed E-state index contributed by atoms with van der Waals surface area (Å²) in [6, 6.07) is 10.7. The molecule has 0 atom stereocenters. The summed E-state index contributed by atoms with van der Waals surface area (Å²) in [6.07, 6.45) is 0. The van der Waals surface area contributed by atoms with Gasteiger partial charge in [0.25, 0.3) is 0 Å². The predicted molar refractivity (Wildman–Crippen MR) is 56.8 cm³/mol. The molecule has 0 amide bonds. The Balaban J connectivity index is 2.64. The van der Waals surface area contributed by atoms with Gasteiger partial charge >= 0.3 is 5.63 Å². The number of aryl methyl sites for hydroxylation is 1. The molecule has 0 spiro atoms. The first kappa shape index (κ1) is 9.52. The molecule has 76 valence electrons. The smallest absolute Gasteiger partial charge is 0.378 e. The van der Waals surface area contributed by atoms with Gasteiger partial charge in [0, 0.05) is 5.56 Å². The Labute approximate surface area is 86.6 Å². The standard InChI is InChI=1S/C12H10O3/c1-8-7-10(13)12(14)15-11(8)9-5-3-2-4-6-9/h2-7,13H,1H3. The number of benzene rings is 1. The molecule has 1 aromatic heterocycles. The van der Waals surface area contributed by atoms with Gasteiger partial charge in [0.1, 0.15) is 5.76 Å². The Hall–Kier alpha value is -2.03. The maximum Gasteiger partial charge on any atom is 0.378 e. The predicted octanol–water partition coefficient (Wildman–Crippen LogP) is 2.32. The van der Waals surface area contributed by atoms with Crippen LogP contribution in [-0.4, -0.2) is 5.11 Å². The van der Waals surface area contributed by atoms with E-state index in [1.165, 1.54) is 6.07 Å². The molecule has 1 N–H and O–H groups in total. The van der Waals surface area contributed by atoms with Gasteiger partial charge in [-0.1, -0.05) is 30.3 Å². The molecule has 0 aliphatic heterocycles. The number of hydrogen-bond donors (Lipinski definition) is 1. The van der Waals surface area contributed by atoms with Crippen LogP contribution < -0.4 is 5.63 Å². The molecule has 3 nitrogen and oxygen atoms in total. The summed E-state index contributed by atoms with van der Waals surface area (Å²) in [5, 5.41) is 9.17. The Bertz CT molecular complexity index is 526. The number of hydrogen-bond acceptors (Lipinski definition) is 3. The Morgan fingerprint density at radius 1 is 1.20 bits per heavy atom. The highest BCUT2D eigenvalue weighted by Gasteiger charge is 2.08. The van der Waals surface area contributed by atoms with E-state index < -0.39 is 5.63 Å². The van der Waals surface area contributed by atoms with Crippen LogP contribution in [-0.2, 0) is 0 Å². The molecule has 0 saturated carbocycles. The lowest BCUT2D eigenvalue weighted by Crippen LogP contribution is -2.00. The largest absolute Gasteiger partial charge is 0.502 e. The molecule has 0 radical (unpaired) electrons. The van der Waals surface area contributed by atoms with Crippen molar-refractivity contribution in [2.75, 3.05) is 0 Å². The van der Waals surface area contributed by atoms with Crippen molar-refractivity contribution >= 4 is 0 Å². The second-order valence-corrected chi connectivity index (χ2v) is 3.30. The van der Waals surface area contributed by atoms with E-state index in [1.807, 2.05) is 30.3 Å². The highest BCUT2D eigenvalue weighted by atomic mass is 16.4. The average Bonchev–Trinajstić information content (AvgIpc) is 2.25. The SMILES string of the molecule is Cc1cc(O)c(=O)oc1-c1ccccc1. The van der Waals surface area contributed by atoms with Gasteiger partial charge in [0.2, 0.25) is 5.75 Å². The van der Waals surface area contributed by atoms with Crippen LogP contribution in [0.5, 0.6) is 5.75 Å². The fourth-order valence-corrected chi connectivity index (χ4v) is 1.43. The van der Waals surface area contributed by atoms with Crippen LogP contribution in [0.15, 0.2) is 45.6 Å². The maximum absolute atomic E-state index is 11.1. The molecular formula is C12H10O3. The lowest BCUT2D eigenvalue weighted by Gasteiger charge is -2.03. The van der Waals surface area contributed by atoms with Crippen molar-refractivity contribution in [3.8, 4) is 17.1 Å². The molecule has 0 aliphatic rings. The molecule has 2 aromatic rings. The van der Waals surface area contributed by atoms with Gasteiger partial charge in [-0.15, -0.1) is 0 Å². The molecule has 0 fully saturated rings. The van der Waals surface area contributed by atoms with E-state index in [0.717, 1.165) is 11.1 Å². The average molecular weight is 202 g/mol. The highest BCUT2D eigenvalue weighted by Crippen LogP contribution is 2.23. The molecule has 0 saturated heterocycles. The van der Waals surface area contributed by atoms with Crippen molar-refractivity contribution in [2.45, 2.75) is 6.92 Å². The summed E-state index contributed by atoms with van der Waals surface area (Å²) in [7, 11) is 0. The molecule has 15 heavy (non-hydrogen) atoms. The third kappa shape index (κ3) is 1.76. The minimum Gasteiger partial charge on any atom is -0.502 e. The van der Waals surface area contributed by atoms with Gasteiger partial charge in [0.05, 0.1) is 0 Å². The van der Waals surface area contributed by atoms with Crippen LogP contribution in [0.3, 0.4) is 0 Å². The van der Waals surface area contributed by atoms with Crippen molar-refractivity contribution in [1.29, 1.82) is 0 Å². The molecule has 0 unspecified atom stereocenters. The normalized spacial score (nSPS) is 10.2. The topological polar surface area (TPSA) is 50.4 Å². The van der Waals surface area contributed by atoms with Gasteiger partial charge in [-0.2, -0.15) is 0 Å². The molecule has 1 heterocycles. The second-order valence-electron chi connectivity index (χ2n) is 3.30. The van der Waals surface area contributed by atoms with Crippen molar-refractivity contribution in [3.05, 3.63) is 52.4 Å². The maximum atomic E-state index is 11.1. The first-order valence-electron chi connectivity index (χ1n) is 4.57. The zero-order chi connectivity index (χ0) is 10.8. The van der Waals surface area contributed by atoms with Gasteiger partial charge in [-0.3, -0.25) is 0 Å². The minimum atomic E-state index is -0.709. The lowest BCUT2D eigenvalue weighted by atomic mass is 10.1. The van der Waals surface area contributed by atoms with Crippen molar-refractivity contribution in [3.63, 3.8) is 0 Å². The van der Waals surface area contributed by atoms with Crippen molar-refractivity contribution in [2.24, 2.45) is 0 Å². The number of rotatable bonds is 1. The van der Waals surface area contributed by atoms with E-state index in [1.54, 1.807) is 6.92 Å². The molecular weight excluding hydrogens is 192 g/mol. The summed E-state index contributed by atoms with van der Waals surface area (Å²) in [4.78, 5) is 11.1. The van der Waals surface area contributed by atoms with Gasteiger partial charge in [0.15, 0.2) is 0 Å². The molecule has 0 bridgehead atoms. The highest BCUT2D eigenvalue weighted by molar-refractivity contribution is 5.60. The van der Waals surface area contributed by atoms with Crippen molar-refractivity contribution in [1.82, 2.24) is 0 Å². The Morgan fingerprint density at radius 3 is 2.53 bits per heavy atom. The van der Waals surface area contributed by atoms with E-state index in [2.05, 4.69) is 0 Å². The molecule has 1 aromatic carbocycles.